The number of nitriles is 2. The first-order valence-electron chi connectivity index (χ1n) is 5.25. The van der Waals surface area contributed by atoms with E-state index in [9.17, 15) is 0 Å². The van der Waals surface area contributed by atoms with Gasteiger partial charge in [0.1, 0.15) is 12.1 Å². The van der Waals surface area contributed by atoms with E-state index in [0.29, 0.717) is 11.1 Å². The third-order valence-electron chi connectivity index (χ3n) is 2.71. The Bertz CT molecular complexity index is 429. The Labute approximate surface area is 94.7 Å². The summed E-state index contributed by atoms with van der Waals surface area (Å²) < 4.78 is 0. The van der Waals surface area contributed by atoms with Gasteiger partial charge in [0, 0.05) is 26.2 Å². The molecule has 0 unspecified atom stereocenters. The molecule has 0 bridgehead atoms. The molecule has 0 saturated carbocycles. The van der Waals surface area contributed by atoms with Crippen LogP contribution in [0.1, 0.15) is 11.1 Å². The molecule has 4 nitrogen and oxygen atoms in total. The average molecular weight is 212 g/mol. The van der Waals surface area contributed by atoms with Crippen molar-refractivity contribution < 1.29 is 0 Å². The molecule has 2 rings (SSSR count). The molecule has 1 aromatic rings. The SMILES string of the molecule is N#Cc1cccc(C#N)c1N1CCNCC1. The van der Waals surface area contributed by atoms with Gasteiger partial charge in [-0.3, -0.25) is 0 Å². The van der Waals surface area contributed by atoms with E-state index in [1.807, 2.05) is 0 Å². The molecule has 1 aliphatic rings. The van der Waals surface area contributed by atoms with Crippen molar-refractivity contribution >= 4 is 5.69 Å². The number of piperazine rings is 1. The summed E-state index contributed by atoms with van der Waals surface area (Å²) in [4.78, 5) is 2.10. The molecule has 0 aromatic heterocycles. The Morgan fingerprint density at radius 2 is 1.62 bits per heavy atom. The first-order chi connectivity index (χ1) is 7.86. The third-order valence-corrected chi connectivity index (χ3v) is 2.71. The van der Waals surface area contributed by atoms with Crippen LogP contribution in [0.3, 0.4) is 0 Å². The van der Waals surface area contributed by atoms with Crippen molar-refractivity contribution in [3.05, 3.63) is 29.3 Å². The molecule has 1 aliphatic heterocycles. The van der Waals surface area contributed by atoms with E-state index < -0.39 is 0 Å². The molecule has 0 aliphatic carbocycles. The first kappa shape index (κ1) is 10.5. The summed E-state index contributed by atoms with van der Waals surface area (Å²) in [5, 5.41) is 21.4. The monoisotopic (exact) mass is 212 g/mol. The highest BCUT2D eigenvalue weighted by molar-refractivity contribution is 5.68. The van der Waals surface area contributed by atoms with Crippen LogP contribution in [0.2, 0.25) is 0 Å². The molecule has 1 aromatic carbocycles. The second kappa shape index (κ2) is 4.65. The Kier molecular flexibility index (Phi) is 3.05. The van der Waals surface area contributed by atoms with Crippen molar-refractivity contribution in [2.24, 2.45) is 0 Å². The molecule has 0 amide bonds. The Balaban J connectivity index is 2.45. The summed E-state index contributed by atoms with van der Waals surface area (Å²) in [6.07, 6.45) is 0. The number of nitrogens with zero attached hydrogens (tertiary/aromatic N) is 3. The largest absolute Gasteiger partial charge is 0.367 e. The van der Waals surface area contributed by atoms with Crippen LogP contribution < -0.4 is 10.2 Å². The Hall–Kier alpha value is -2.04. The summed E-state index contributed by atoms with van der Waals surface area (Å²) in [5.41, 5.74) is 1.95. The maximum absolute atomic E-state index is 9.07. The highest BCUT2D eigenvalue weighted by Gasteiger charge is 2.17. The van der Waals surface area contributed by atoms with Crippen molar-refractivity contribution in [1.82, 2.24) is 5.32 Å². The minimum atomic E-state index is 0.584. The zero-order valence-electron chi connectivity index (χ0n) is 8.90. The maximum Gasteiger partial charge on any atom is 0.101 e. The van der Waals surface area contributed by atoms with Gasteiger partial charge >= 0.3 is 0 Å². The van der Waals surface area contributed by atoms with Crippen LogP contribution in [0.4, 0.5) is 5.69 Å². The molecule has 16 heavy (non-hydrogen) atoms. The number of hydrogen-bond donors (Lipinski definition) is 1. The first-order valence-corrected chi connectivity index (χ1v) is 5.25. The molecule has 0 radical (unpaired) electrons. The average Bonchev–Trinajstić information content (AvgIpc) is 2.38. The second-order valence-electron chi connectivity index (χ2n) is 3.66. The van der Waals surface area contributed by atoms with Crippen molar-refractivity contribution in [1.29, 1.82) is 10.5 Å². The van der Waals surface area contributed by atoms with Gasteiger partial charge in [-0.2, -0.15) is 10.5 Å². The predicted molar refractivity (Wildman–Crippen MR) is 61.0 cm³/mol. The Morgan fingerprint density at radius 3 is 2.12 bits per heavy atom. The van der Waals surface area contributed by atoms with E-state index >= 15 is 0 Å². The minimum Gasteiger partial charge on any atom is -0.367 e. The molecule has 0 atom stereocenters. The van der Waals surface area contributed by atoms with Crippen LogP contribution >= 0.6 is 0 Å². The van der Waals surface area contributed by atoms with Crippen molar-refractivity contribution in [2.75, 3.05) is 31.1 Å². The molecular weight excluding hydrogens is 200 g/mol. The van der Waals surface area contributed by atoms with E-state index in [1.54, 1.807) is 18.2 Å². The number of anilines is 1. The van der Waals surface area contributed by atoms with Gasteiger partial charge in [-0.25, -0.2) is 0 Å². The van der Waals surface area contributed by atoms with Gasteiger partial charge < -0.3 is 10.2 Å². The standard InChI is InChI=1S/C12H12N4/c13-8-10-2-1-3-11(9-14)12(10)16-6-4-15-5-7-16/h1-3,15H,4-7H2. The lowest BCUT2D eigenvalue weighted by Crippen LogP contribution is -2.44. The number of benzene rings is 1. The van der Waals surface area contributed by atoms with Gasteiger partial charge in [-0.05, 0) is 12.1 Å². The van der Waals surface area contributed by atoms with Crippen LogP contribution in [0.15, 0.2) is 18.2 Å². The van der Waals surface area contributed by atoms with Crippen LogP contribution in [0.25, 0.3) is 0 Å². The van der Waals surface area contributed by atoms with Gasteiger partial charge in [0.2, 0.25) is 0 Å². The van der Waals surface area contributed by atoms with Crippen LogP contribution in [0, 0.1) is 22.7 Å². The van der Waals surface area contributed by atoms with Gasteiger partial charge in [0.25, 0.3) is 0 Å². The summed E-state index contributed by atoms with van der Waals surface area (Å²) in [5.74, 6) is 0. The highest BCUT2D eigenvalue weighted by Crippen LogP contribution is 2.24. The molecule has 1 fully saturated rings. The van der Waals surface area contributed by atoms with E-state index in [1.165, 1.54) is 0 Å². The fraction of sp³-hybridized carbons (Fsp3) is 0.333. The summed E-state index contributed by atoms with van der Waals surface area (Å²) in [6, 6.07) is 9.59. The van der Waals surface area contributed by atoms with E-state index in [4.69, 9.17) is 10.5 Å². The Morgan fingerprint density at radius 1 is 1.06 bits per heavy atom. The van der Waals surface area contributed by atoms with Gasteiger partial charge in [0.05, 0.1) is 16.8 Å². The molecule has 1 heterocycles. The fourth-order valence-electron chi connectivity index (χ4n) is 1.95. The third kappa shape index (κ3) is 1.84. The number of para-hydroxylation sites is 1. The summed E-state index contributed by atoms with van der Waals surface area (Å²) in [6.45, 7) is 3.47. The van der Waals surface area contributed by atoms with E-state index in [-0.39, 0.29) is 0 Å². The number of rotatable bonds is 1. The van der Waals surface area contributed by atoms with E-state index in [2.05, 4.69) is 22.4 Å². The number of nitrogens with one attached hydrogen (secondary N) is 1. The fourth-order valence-corrected chi connectivity index (χ4v) is 1.95. The van der Waals surface area contributed by atoms with Crippen molar-refractivity contribution in [3.8, 4) is 12.1 Å². The maximum atomic E-state index is 9.07. The quantitative estimate of drug-likeness (QED) is 0.749. The lowest BCUT2D eigenvalue weighted by atomic mass is 10.1. The zero-order valence-corrected chi connectivity index (χ0v) is 8.90. The van der Waals surface area contributed by atoms with Crippen molar-refractivity contribution in [3.63, 3.8) is 0 Å². The molecule has 80 valence electrons. The van der Waals surface area contributed by atoms with Gasteiger partial charge in [0.15, 0.2) is 0 Å². The van der Waals surface area contributed by atoms with Gasteiger partial charge in [-0.15, -0.1) is 0 Å². The summed E-state index contributed by atoms with van der Waals surface area (Å²) in [7, 11) is 0. The van der Waals surface area contributed by atoms with Crippen LogP contribution in [0.5, 0.6) is 0 Å². The van der Waals surface area contributed by atoms with Crippen molar-refractivity contribution in [2.45, 2.75) is 0 Å². The molecule has 1 N–H and O–H groups in total. The molecule has 4 heteroatoms. The lowest BCUT2D eigenvalue weighted by Gasteiger charge is -2.30. The highest BCUT2D eigenvalue weighted by atomic mass is 15.2. The summed E-state index contributed by atoms with van der Waals surface area (Å²) >= 11 is 0. The number of hydrogen-bond acceptors (Lipinski definition) is 4. The minimum absolute atomic E-state index is 0.584. The van der Waals surface area contributed by atoms with Crippen LogP contribution in [-0.2, 0) is 0 Å². The van der Waals surface area contributed by atoms with Crippen LogP contribution in [-0.4, -0.2) is 26.2 Å². The smallest absolute Gasteiger partial charge is 0.101 e. The van der Waals surface area contributed by atoms with Gasteiger partial charge in [-0.1, -0.05) is 6.07 Å². The zero-order chi connectivity index (χ0) is 11.4. The lowest BCUT2D eigenvalue weighted by molar-refractivity contribution is 0.588. The molecule has 1 saturated heterocycles. The topological polar surface area (TPSA) is 62.9 Å². The predicted octanol–water partition coefficient (Wildman–Crippen LogP) is 0.840. The second-order valence-corrected chi connectivity index (χ2v) is 3.66. The molecule has 0 spiro atoms. The molecular formula is C12H12N4. The normalized spacial score (nSPS) is 15.2. The van der Waals surface area contributed by atoms with E-state index in [0.717, 1.165) is 31.9 Å².